The van der Waals surface area contributed by atoms with E-state index in [1.807, 2.05) is 0 Å². The minimum absolute atomic E-state index is 0. The first kappa shape index (κ1) is 13.8. The first-order chi connectivity index (χ1) is 5.04. The van der Waals surface area contributed by atoms with E-state index in [2.05, 4.69) is 0 Å². The van der Waals surface area contributed by atoms with E-state index in [9.17, 15) is 0 Å². The smallest absolute Gasteiger partial charge is 0.155 e. The van der Waals surface area contributed by atoms with Crippen molar-refractivity contribution in [2.24, 2.45) is 0 Å². The maximum Gasteiger partial charge on any atom is 0.155 e. The largest absolute Gasteiger partial charge is 0.505 e. The molecule has 0 aliphatic heterocycles. The summed E-state index contributed by atoms with van der Waals surface area (Å²) in [4.78, 5) is 0. The zero-order valence-electron chi connectivity index (χ0n) is 6.04. The van der Waals surface area contributed by atoms with Gasteiger partial charge < -0.3 is 5.11 Å². The van der Waals surface area contributed by atoms with Crippen LogP contribution in [0.2, 0.25) is 20.1 Å². The van der Waals surface area contributed by atoms with Crippen molar-refractivity contribution in [1.29, 1.82) is 0 Å². The molecule has 0 spiro atoms. The molecule has 1 aromatic rings. The van der Waals surface area contributed by atoms with Crippen molar-refractivity contribution in [1.82, 2.24) is 0 Å². The Morgan fingerprint density at radius 2 is 1.25 bits per heavy atom. The molecule has 1 aromatic carbocycles. The van der Waals surface area contributed by atoms with Crippen LogP contribution in [0, 0.1) is 0 Å². The molecular formula is C6H2Cl4KO. The average Bonchev–Trinajstić information content (AvgIpc) is 1.97. The second kappa shape index (κ2) is 5.64. The summed E-state index contributed by atoms with van der Waals surface area (Å²) in [5.74, 6) is -0.286. The molecule has 0 atom stereocenters. The van der Waals surface area contributed by atoms with Gasteiger partial charge in [-0.15, -0.1) is 0 Å². The SMILES string of the molecule is Oc1c(Cl)c(Cl)cc(Cl)c1Cl.[K]. The normalized spacial score (nSPS) is 9.33. The molecule has 0 unspecified atom stereocenters. The molecule has 61 valence electrons. The summed E-state index contributed by atoms with van der Waals surface area (Å²) in [6.45, 7) is 0. The number of phenolic OH excluding ortho intramolecular Hbond substituents is 1. The zero-order valence-corrected chi connectivity index (χ0v) is 12.2. The molecule has 1 rings (SSSR count). The minimum Gasteiger partial charge on any atom is -0.505 e. The van der Waals surface area contributed by atoms with E-state index in [0.29, 0.717) is 0 Å². The molecule has 0 fully saturated rings. The van der Waals surface area contributed by atoms with E-state index in [-0.39, 0.29) is 77.2 Å². The van der Waals surface area contributed by atoms with Crippen LogP contribution in [-0.2, 0) is 0 Å². The van der Waals surface area contributed by atoms with Gasteiger partial charge >= 0.3 is 0 Å². The Bertz CT molecular complexity index is 276. The molecule has 0 saturated heterocycles. The van der Waals surface area contributed by atoms with Crippen LogP contribution in [0.5, 0.6) is 5.75 Å². The summed E-state index contributed by atoms with van der Waals surface area (Å²) in [5, 5.41) is 9.52. The second-order valence-corrected chi connectivity index (χ2v) is 3.39. The van der Waals surface area contributed by atoms with Crippen molar-refractivity contribution in [3.63, 3.8) is 0 Å². The summed E-state index contributed by atoms with van der Waals surface area (Å²) in [5.41, 5.74) is 0. The van der Waals surface area contributed by atoms with Gasteiger partial charge in [0, 0.05) is 51.4 Å². The van der Waals surface area contributed by atoms with Crippen LogP contribution in [0.3, 0.4) is 0 Å². The molecular weight excluding hydrogens is 269 g/mol. The van der Waals surface area contributed by atoms with Gasteiger partial charge in [0.25, 0.3) is 0 Å². The summed E-state index contributed by atoms with van der Waals surface area (Å²) in [6.07, 6.45) is 0. The van der Waals surface area contributed by atoms with Crippen LogP contribution >= 0.6 is 46.4 Å². The molecule has 0 heterocycles. The van der Waals surface area contributed by atoms with E-state index in [0.717, 1.165) is 0 Å². The zero-order chi connectivity index (χ0) is 8.59. The fourth-order valence-electron chi connectivity index (χ4n) is 0.561. The Hall–Kier alpha value is 1.82. The number of phenols is 1. The topological polar surface area (TPSA) is 20.2 Å². The molecule has 0 aromatic heterocycles. The number of aromatic hydroxyl groups is 1. The molecule has 1 N–H and O–H groups in total. The van der Waals surface area contributed by atoms with Crippen LogP contribution in [0.4, 0.5) is 0 Å². The number of rotatable bonds is 0. The average molecular weight is 271 g/mol. The third-order valence-electron chi connectivity index (χ3n) is 1.09. The van der Waals surface area contributed by atoms with Crippen LogP contribution in [0.15, 0.2) is 6.07 Å². The Balaban J connectivity index is 0.00000121. The molecule has 0 bridgehead atoms. The van der Waals surface area contributed by atoms with Gasteiger partial charge in [-0.1, -0.05) is 46.4 Å². The molecule has 0 saturated carbocycles. The molecule has 0 amide bonds. The quantitative estimate of drug-likeness (QED) is 0.564. The molecule has 1 nitrogen and oxygen atoms in total. The van der Waals surface area contributed by atoms with Gasteiger partial charge in [0.2, 0.25) is 0 Å². The van der Waals surface area contributed by atoms with Crippen LogP contribution in [0.1, 0.15) is 0 Å². The number of benzene rings is 1. The molecule has 6 heteroatoms. The molecule has 12 heavy (non-hydrogen) atoms. The summed E-state index contributed by atoms with van der Waals surface area (Å²) in [7, 11) is 0. The van der Waals surface area contributed by atoms with Crippen LogP contribution in [-0.4, -0.2) is 56.5 Å². The Morgan fingerprint density at radius 3 is 1.58 bits per heavy atom. The predicted molar refractivity (Wildman–Crippen MR) is 53.9 cm³/mol. The van der Waals surface area contributed by atoms with Gasteiger partial charge in [-0.05, 0) is 6.07 Å². The maximum atomic E-state index is 9.14. The van der Waals surface area contributed by atoms with Gasteiger partial charge in [-0.25, -0.2) is 0 Å². The number of halogens is 4. The first-order valence-electron chi connectivity index (χ1n) is 2.56. The fraction of sp³-hybridized carbons (Fsp3) is 0. The van der Waals surface area contributed by atoms with Crippen molar-refractivity contribution in [3.8, 4) is 5.75 Å². The first-order valence-corrected chi connectivity index (χ1v) is 4.07. The van der Waals surface area contributed by atoms with Gasteiger partial charge in [0.15, 0.2) is 5.75 Å². The third-order valence-corrected chi connectivity index (χ3v) is 2.64. The summed E-state index contributed by atoms with van der Waals surface area (Å²) in [6, 6.07) is 1.37. The van der Waals surface area contributed by atoms with E-state index < -0.39 is 0 Å². The Labute approximate surface area is 132 Å². The van der Waals surface area contributed by atoms with Crippen molar-refractivity contribution in [2.75, 3.05) is 0 Å². The standard InChI is InChI=1S/C6H2Cl4O.K/c7-2-1-3(8)5(10)6(11)4(2)9;/h1,11H;. The third kappa shape index (κ3) is 2.90. The summed E-state index contributed by atoms with van der Waals surface area (Å²) >= 11 is 22.2. The van der Waals surface area contributed by atoms with Crippen molar-refractivity contribution < 1.29 is 5.11 Å². The minimum atomic E-state index is -0.286. The van der Waals surface area contributed by atoms with Crippen LogP contribution < -0.4 is 0 Å². The van der Waals surface area contributed by atoms with Gasteiger partial charge in [-0.2, -0.15) is 0 Å². The van der Waals surface area contributed by atoms with E-state index >= 15 is 0 Å². The van der Waals surface area contributed by atoms with Crippen molar-refractivity contribution in [2.45, 2.75) is 0 Å². The number of hydrogen-bond acceptors (Lipinski definition) is 1. The van der Waals surface area contributed by atoms with Crippen LogP contribution in [0.25, 0.3) is 0 Å². The Morgan fingerprint density at radius 1 is 0.917 bits per heavy atom. The van der Waals surface area contributed by atoms with Crippen molar-refractivity contribution in [3.05, 3.63) is 26.2 Å². The molecule has 0 aliphatic rings. The number of hydrogen-bond donors (Lipinski definition) is 1. The van der Waals surface area contributed by atoms with E-state index in [4.69, 9.17) is 51.5 Å². The molecule has 0 aliphatic carbocycles. The van der Waals surface area contributed by atoms with Crippen molar-refractivity contribution >= 4 is 97.8 Å². The fourth-order valence-corrected chi connectivity index (χ4v) is 1.36. The Kier molecular flexibility index (Phi) is 6.49. The monoisotopic (exact) mass is 269 g/mol. The maximum absolute atomic E-state index is 9.14. The summed E-state index contributed by atoms with van der Waals surface area (Å²) < 4.78 is 0. The van der Waals surface area contributed by atoms with Gasteiger partial charge in [-0.3, -0.25) is 0 Å². The van der Waals surface area contributed by atoms with Gasteiger partial charge in [0.1, 0.15) is 10.0 Å². The second-order valence-electron chi connectivity index (χ2n) is 1.82. The van der Waals surface area contributed by atoms with Gasteiger partial charge in [0.05, 0.1) is 10.0 Å². The van der Waals surface area contributed by atoms with E-state index in [1.165, 1.54) is 6.07 Å². The van der Waals surface area contributed by atoms with E-state index in [1.54, 1.807) is 0 Å². The molecule has 1 radical (unpaired) electrons. The predicted octanol–water partition coefficient (Wildman–Crippen LogP) is 3.62.